The second-order valence-electron chi connectivity index (χ2n) is 12.1. The van der Waals surface area contributed by atoms with Gasteiger partial charge in [0.2, 0.25) is 0 Å². The van der Waals surface area contributed by atoms with Crippen molar-refractivity contribution in [1.82, 2.24) is 0 Å². The van der Waals surface area contributed by atoms with Gasteiger partial charge in [0.15, 0.2) is 5.79 Å². The highest BCUT2D eigenvalue weighted by atomic mass is 28.3. The molecule has 2 bridgehead atoms. The van der Waals surface area contributed by atoms with Gasteiger partial charge in [0.1, 0.15) is 0 Å². The van der Waals surface area contributed by atoms with E-state index in [0.717, 1.165) is 13.2 Å². The summed E-state index contributed by atoms with van der Waals surface area (Å²) in [4.78, 5) is 0. The van der Waals surface area contributed by atoms with E-state index in [9.17, 15) is 5.11 Å². The minimum absolute atomic E-state index is 0.140. The molecule has 1 N–H and O–H groups in total. The molecule has 4 aliphatic carbocycles. The van der Waals surface area contributed by atoms with E-state index in [-0.39, 0.29) is 11.1 Å². The van der Waals surface area contributed by atoms with Crippen LogP contribution in [0, 0.1) is 40.9 Å². The lowest BCUT2D eigenvalue weighted by molar-refractivity contribution is -0.189. The summed E-state index contributed by atoms with van der Waals surface area (Å²) < 4.78 is 12.1. The molecule has 3 saturated carbocycles. The Balaban J connectivity index is 1.47. The van der Waals surface area contributed by atoms with Crippen LogP contribution < -0.4 is 0 Å². The maximum atomic E-state index is 12.1. The summed E-state index contributed by atoms with van der Waals surface area (Å²) >= 11 is 0. The van der Waals surface area contributed by atoms with E-state index in [1.54, 1.807) is 0 Å². The number of aliphatic hydroxyl groups is 1. The highest BCUT2D eigenvalue weighted by Crippen LogP contribution is 2.87. The van der Waals surface area contributed by atoms with Crippen molar-refractivity contribution in [2.24, 2.45) is 40.9 Å². The topological polar surface area (TPSA) is 38.7 Å². The zero-order valence-corrected chi connectivity index (χ0v) is 19.7. The fourth-order valence-corrected chi connectivity index (χ4v) is 13.6. The molecule has 1 aliphatic heterocycles. The number of allylic oxidation sites excluding steroid dienone is 2. The van der Waals surface area contributed by atoms with Crippen LogP contribution in [-0.2, 0) is 9.47 Å². The predicted molar refractivity (Wildman–Crippen MR) is 115 cm³/mol. The van der Waals surface area contributed by atoms with Gasteiger partial charge in [-0.25, -0.2) is 0 Å². The predicted octanol–water partition coefficient (Wildman–Crippen LogP) is 5.08. The van der Waals surface area contributed by atoms with E-state index in [2.05, 4.69) is 52.6 Å². The SMILES string of the molecule is C[C@H]1[C@@H](C(O)[C@]2([Si](C)(C)C)[C@@H]3CC(C4(C)OCCO4)CC[C@@]32C)[C@H]2C=C[C@@H]1C2. The fraction of sp³-hybridized carbons (Fsp3) is 0.917. The van der Waals surface area contributed by atoms with Crippen LogP contribution in [-0.4, -0.2) is 38.3 Å². The van der Waals surface area contributed by atoms with E-state index in [0.29, 0.717) is 40.9 Å². The molecule has 1 saturated heterocycles. The van der Waals surface area contributed by atoms with E-state index in [4.69, 9.17) is 9.47 Å². The first-order valence-electron chi connectivity index (χ1n) is 11.7. The Labute approximate surface area is 172 Å². The van der Waals surface area contributed by atoms with Gasteiger partial charge in [0.25, 0.3) is 0 Å². The van der Waals surface area contributed by atoms with Crippen LogP contribution in [0.2, 0.25) is 24.7 Å². The molecule has 5 aliphatic rings. The number of hydrogen-bond acceptors (Lipinski definition) is 3. The smallest absolute Gasteiger partial charge is 0.168 e. The molecule has 28 heavy (non-hydrogen) atoms. The Morgan fingerprint density at radius 2 is 1.68 bits per heavy atom. The van der Waals surface area contributed by atoms with Crippen molar-refractivity contribution >= 4 is 8.07 Å². The summed E-state index contributed by atoms with van der Waals surface area (Å²) in [6.07, 6.45) is 9.53. The first-order chi connectivity index (χ1) is 13.1. The highest BCUT2D eigenvalue weighted by molar-refractivity contribution is 6.80. The third-order valence-corrected chi connectivity index (χ3v) is 14.0. The Kier molecular flexibility index (Phi) is 4.21. The Hall–Kier alpha value is -0.163. The van der Waals surface area contributed by atoms with Crippen molar-refractivity contribution < 1.29 is 14.6 Å². The number of hydrogen-bond donors (Lipinski definition) is 1. The Bertz CT molecular complexity index is 678. The molecule has 158 valence electrons. The van der Waals surface area contributed by atoms with Gasteiger partial charge in [-0.3, -0.25) is 0 Å². The minimum atomic E-state index is -1.61. The molecule has 3 nitrogen and oxygen atoms in total. The quantitative estimate of drug-likeness (QED) is 0.524. The molecule has 2 unspecified atom stereocenters. The van der Waals surface area contributed by atoms with Crippen LogP contribution in [0.15, 0.2) is 12.2 Å². The van der Waals surface area contributed by atoms with Crippen molar-refractivity contribution in [3.05, 3.63) is 12.2 Å². The molecule has 5 rings (SSSR count). The van der Waals surface area contributed by atoms with E-state index in [1.807, 2.05) is 0 Å². The van der Waals surface area contributed by atoms with Crippen molar-refractivity contribution in [1.29, 1.82) is 0 Å². The van der Waals surface area contributed by atoms with Gasteiger partial charge in [-0.1, -0.05) is 45.6 Å². The second-order valence-corrected chi connectivity index (χ2v) is 17.4. The third kappa shape index (κ3) is 2.27. The maximum Gasteiger partial charge on any atom is 0.168 e. The monoisotopic (exact) mass is 404 g/mol. The Morgan fingerprint density at radius 3 is 2.25 bits per heavy atom. The average Bonchev–Trinajstić information content (AvgIpc) is 3.08. The zero-order valence-electron chi connectivity index (χ0n) is 18.7. The van der Waals surface area contributed by atoms with Gasteiger partial charge in [-0.2, -0.15) is 0 Å². The van der Waals surface area contributed by atoms with Crippen LogP contribution in [0.3, 0.4) is 0 Å². The van der Waals surface area contributed by atoms with E-state index < -0.39 is 13.9 Å². The molecule has 1 heterocycles. The van der Waals surface area contributed by atoms with Gasteiger partial charge in [0, 0.05) is 11.0 Å². The van der Waals surface area contributed by atoms with Crippen LogP contribution in [0.5, 0.6) is 0 Å². The molecule has 9 atom stereocenters. The van der Waals surface area contributed by atoms with E-state index >= 15 is 0 Å². The second kappa shape index (κ2) is 5.96. The first kappa shape index (κ1) is 19.8. The van der Waals surface area contributed by atoms with Crippen molar-refractivity contribution in [3.63, 3.8) is 0 Å². The zero-order chi connectivity index (χ0) is 20.1. The molecule has 0 spiro atoms. The molecule has 0 aromatic heterocycles. The summed E-state index contributed by atoms with van der Waals surface area (Å²) in [6.45, 7) is 16.1. The van der Waals surface area contributed by atoms with Crippen molar-refractivity contribution in [3.8, 4) is 0 Å². The van der Waals surface area contributed by atoms with Gasteiger partial charge >= 0.3 is 0 Å². The number of fused-ring (bicyclic) bond motifs is 3. The lowest BCUT2D eigenvalue weighted by Gasteiger charge is -2.44. The standard InChI is InChI=1S/C24H40O3Si/c1-15-16-7-8-17(13-16)20(15)21(25)24(28(4,5)6)19-14-18(9-10-22(19,24)2)23(3)26-11-12-27-23/h7-8,15-21,25H,9-14H2,1-6H3/t15-,16-,17+,18?,19-,20-,21?,22+,24-/m1/s1. The molecule has 0 aromatic carbocycles. The molecule has 4 heteroatoms. The lowest BCUT2D eigenvalue weighted by atomic mass is 9.77. The van der Waals surface area contributed by atoms with Crippen LogP contribution in [0.1, 0.15) is 46.5 Å². The molecule has 4 fully saturated rings. The summed E-state index contributed by atoms with van der Waals surface area (Å²) in [5.41, 5.74) is 0.299. The van der Waals surface area contributed by atoms with Gasteiger partial charge in [0.05, 0.1) is 27.4 Å². The third-order valence-electron chi connectivity index (χ3n) is 10.3. The van der Waals surface area contributed by atoms with Crippen LogP contribution >= 0.6 is 0 Å². The summed E-state index contributed by atoms with van der Waals surface area (Å²) in [6, 6.07) is 0. The fourth-order valence-electron chi connectivity index (χ4n) is 9.06. The van der Waals surface area contributed by atoms with Gasteiger partial charge in [-0.15, -0.1) is 0 Å². The van der Waals surface area contributed by atoms with Crippen LogP contribution in [0.25, 0.3) is 0 Å². The summed E-state index contributed by atoms with van der Waals surface area (Å²) in [5.74, 6) is 3.07. The Morgan fingerprint density at radius 1 is 1.04 bits per heavy atom. The first-order valence-corrected chi connectivity index (χ1v) is 15.2. The largest absolute Gasteiger partial charge is 0.392 e. The minimum Gasteiger partial charge on any atom is -0.392 e. The highest BCUT2D eigenvalue weighted by Gasteiger charge is 2.82. The maximum absolute atomic E-state index is 12.1. The van der Waals surface area contributed by atoms with E-state index in [1.165, 1.54) is 25.7 Å². The molecule has 0 radical (unpaired) electrons. The molecule has 0 aromatic rings. The number of ether oxygens (including phenoxy) is 2. The summed E-state index contributed by atoms with van der Waals surface area (Å²) in [7, 11) is -1.61. The molecule has 0 amide bonds. The summed E-state index contributed by atoms with van der Waals surface area (Å²) in [5, 5.41) is 12.3. The number of rotatable bonds is 4. The van der Waals surface area contributed by atoms with Crippen molar-refractivity contribution in [2.75, 3.05) is 13.2 Å². The van der Waals surface area contributed by atoms with Gasteiger partial charge < -0.3 is 14.6 Å². The normalized spacial score (nSPS) is 52.7. The van der Waals surface area contributed by atoms with Gasteiger partial charge in [-0.05, 0) is 67.6 Å². The molecular weight excluding hydrogens is 364 g/mol. The van der Waals surface area contributed by atoms with Crippen molar-refractivity contribution in [2.45, 2.75) is 83.0 Å². The average molecular weight is 405 g/mol. The lowest BCUT2D eigenvalue weighted by Crippen LogP contribution is -2.47. The molecular formula is C24H40O3Si. The number of aliphatic hydroxyl groups excluding tert-OH is 1. The van der Waals surface area contributed by atoms with Crippen LogP contribution in [0.4, 0.5) is 0 Å².